The lowest BCUT2D eigenvalue weighted by Gasteiger charge is -2.28. The summed E-state index contributed by atoms with van der Waals surface area (Å²) in [4.78, 5) is 41.0. The summed E-state index contributed by atoms with van der Waals surface area (Å²) in [5, 5.41) is 2.72. The number of likely N-dealkylation sites (tertiary alicyclic amines) is 1. The Kier molecular flexibility index (Phi) is 5.93. The topological polar surface area (TPSA) is 79.0 Å². The number of benzene rings is 2. The number of aryl methyl sites for hydroxylation is 1. The Bertz CT molecular complexity index is 983. The van der Waals surface area contributed by atoms with Crippen molar-refractivity contribution in [3.05, 3.63) is 65.2 Å². The monoisotopic (exact) mass is 421 g/mol. The van der Waals surface area contributed by atoms with Crippen molar-refractivity contribution in [1.29, 1.82) is 0 Å². The highest BCUT2D eigenvalue weighted by atomic mass is 16.6. The molecule has 2 aliphatic rings. The van der Waals surface area contributed by atoms with Crippen LogP contribution in [0.3, 0.4) is 0 Å². The van der Waals surface area contributed by atoms with E-state index in [9.17, 15) is 14.4 Å². The summed E-state index contributed by atoms with van der Waals surface area (Å²) in [7, 11) is 0. The van der Waals surface area contributed by atoms with Crippen molar-refractivity contribution in [3.63, 3.8) is 0 Å². The minimum absolute atomic E-state index is 0.0769. The molecule has 3 amide bonds. The van der Waals surface area contributed by atoms with Crippen molar-refractivity contribution in [1.82, 2.24) is 9.80 Å². The molecule has 7 nitrogen and oxygen atoms in total. The Balaban J connectivity index is 1.64. The number of nitrogens with zero attached hydrogens (tertiary/aromatic N) is 2. The van der Waals surface area contributed by atoms with Gasteiger partial charge in [-0.1, -0.05) is 42.0 Å². The van der Waals surface area contributed by atoms with Gasteiger partial charge in [0, 0.05) is 25.7 Å². The molecule has 0 aromatic heterocycles. The lowest BCUT2D eigenvalue weighted by Crippen LogP contribution is -2.47. The lowest BCUT2D eigenvalue weighted by atomic mass is 9.99. The summed E-state index contributed by atoms with van der Waals surface area (Å²) in [6.07, 6.45) is 0.759. The zero-order chi connectivity index (χ0) is 22.0. The van der Waals surface area contributed by atoms with Crippen LogP contribution in [-0.2, 0) is 20.9 Å². The van der Waals surface area contributed by atoms with Crippen molar-refractivity contribution in [2.75, 3.05) is 18.4 Å². The van der Waals surface area contributed by atoms with Gasteiger partial charge in [0.2, 0.25) is 11.8 Å². The Hall–Kier alpha value is -3.35. The fraction of sp³-hybridized carbons (Fsp3) is 0.375. The predicted molar refractivity (Wildman–Crippen MR) is 116 cm³/mol. The van der Waals surface area contributed by atoms with Gasteiger partial charge in [-0.2, -0.15) is 0 Å². The number of nitrogens with one attached hydrogen (secondary N) is 1. The summed E-state index contributed by atoms with van der Waals surface area (Å²) in [6.45, 7) is 5.16. The summed E-state index contributed by atoms with van der Waals surface area (Å²) in [6, 6.07) is 14.3. The summed E-state index contributed by atoms with van der Waals surface area (Å²) < 4.78 is 5.73. The molecule has 2 saturated heterocycles. The minimum Gasteiger partial charge on any atom is -0.438 e. The van der Waals surface area contributed by atoms with Crippen LogP contribution >= 0.6 is 0 Å². The first kappa shape index (κ1) is 20.9. The number of hydrogen-bond acceptors (Lipinski definition) is 4. The normalized spacial score (nSPS) is 20.6. The highest BCUT2D eigenvalue weighted by molar-refractivity contribution is 5.90. The molecular weight excluding hydrogens is 394 g/mol. The van der Waals surface area contributed by atoms with Gasteiger partial charge in [0.25, 0.3) is 0 Å². The maximum Gasteiger partial charge on any atom is 0.411 e. The highest BCUT2D eigenvalue weighted by Gasteiger charge is 2.48. The van der Waals surface area contributed by atoms with Crippen LogP contribution in [0.15, 0.2) is 48.5 Å². The molecule has 2 heterocycles. The fourth-order valence-corrected chi connectivity index (χ4v) is 4.28. The van der Waals surface area contributed by atoms with Crippen molar-refractivity contribution in [3.8, 4) is 0 Å². The molecule has 0 radical (unpaired) electrons. The first-order valence-electron chi connectivity index (χ1n) is 10.6. The van der Waals surface area contributed by atoms with E-state index in [2.05, 4.69) is 5.32 Å². The molecule has 4 rings (SSSR count). The average molecular weight is 421 g/mol. The van der Waals surface area contributed by atoms with Crippen LogP contribution in [0.4, 0.5) is 10.5 Å². The number of carbonyl (C=O) groups excluding carboxylic acids is 3. The molecular formula is C24H27N3O4. The number of rotatable bonds is 5. The largest absolute Gasteiger partial charge is 0.438 e. The van der Waals surface area contributed by atoms with Gasteiger partial charge in [0.1, 0.15) is 0 Å². The number of cyclic esters (lactones) is 1. The van der Waals surface area contributed by atoms with E-state index in [1.807, 2.05) is 36.1 Å². The third-order valence-electron chi connectivity index (χ3n) is 5.75. The molecule has 2 fully saturated rings. The Morgan fingerprint density at radius 3 is 2.45 bits per heavy atom. The van der Waals surface area contributed by atoms with Gasteiger partial charge < -0.3 is 15.0 Å². The number of anilines is 1. The van der Waals surface area contributed by atoms with Gasteiger partial charge in [-0.3, -0.25) is 14.5 Å². The third kappa shape index (κ3) is 4.55. The van der Waals surface area contributed by atoms with Crippen LogP contribution in [-0.4, -0.2) is 46.8 Å². The SMILES string of the molecule is CC(=O)Nc1ccc(C2OC(=O)N(Cc3cccc(C)c3)C2C(=O)N2CCCC2)cc1. The third-order valence-corrected chi connectivity index (χ3v) is 5.75. The zero-order valence-electron chi connectivity index (χ0n) is 17.8. The van der Waals surface area contributed by atoms with Gasteiger partial charge in [0.05, 0.1) is 6.54 Å². The van der Waals surface area contributed by atoms with E-state index in [4.69, 9.17) is 4.74 Å². The maximum absolute atomic E-state index is 13.5. The van der Waals surface area contributed by atoms with Gasteiger partial charge in [0.15, 0.2) is 12.1 Å². The van der Waals surface area contributed by atoms with Gasteiger partial charge in [-0.25, -0.2) is 4.79 Å². The molecule has 2 aromatic rings. The van der Waals surface area contributed by atoms with E-state index in [1.54, 1.807) is 29.2 Å². The van der Waals surface area contributed by atoms with Crippen molar-refractivity contribution < 1.29 is 19.1 Å². The summed E-state index contributed by atoms with van der Waals surface area (Å²) in [5.41, 5.74) is 3.43. The van der Waals surface area contributed by atoms with Crippen LogP contribution in [0, 0.1) is 6.92 Å². The van der Waals surface area contributed by atoms with E-state index >= 15 is 0 Å². The van der Waals surface area contributed by atoms with Crippen molar-refractivity contribution in [2.24, 2.45) is 0 Å². The van der Waals surface area contributed by atoms with Crippen molar-refractivity contribution in [2.45, 2.75) is 45.4 Å². The lowest BCUT2D eigenvalue weighted by molar-refractivity contribution is -0.135. The molecule has 7 heteroatoms. The van der Waals surface area contributed by atoms with E-state index in [1.165, 1.54) is 6.92 Å². The molecule has 162 valence electrons. The minimum atomic E-state index is -0.724. The first-order valence-corrected chi connectivity index (χ1v) is 10.6. The molecule has 2 aliphatic heterocycles. The smallest absolute Gasteiger partial charge is 0.411 e. The summed E-state index contributed by atoms with van der Waals surface area (Å²) in [5.74, 6) is -0.238. The van der Waals surface area contributed by atoms with E-state index < -0.39 is 18.2 Å². The Morgan fingerprint density at radius 2 is 1.81 bits per heavy atom. The number of hydrogen-bond donors (Lipinski definition) is 1. The Morgan fingerprint density at radius 1 is 1.10 bits per heavy atom. The molecule has 0 aliphatic carbocycles. The standard InChI is InChI=1S/C24H27N3O4/c1-16-6-5-7-18(14-16)15-27-21(23(29)26-12-3-4-13-26)22(31-24(27)30)19-8-10-20(11-9-19)25-17(2)28/h5-11,14,21-22H,3-4,12-13,15H2,1-2H3,(H,25,28). The van der Waals surface area contributed by atoms with E-state index in [0.717, 1.165) is 29.5 Å². The summed E-state index contributed by atoms with van der Waals surface area (Å²) >= 11 is 0. The van der Waals surface area contributed by atoms with Crippen LogP contribution in [0.5, 0.6) is 0 Å². The number of amides is 3. The first-order chi connectivity index (χ1) is 14.9. The maximum atomic E-state index is 13.5. The van der Waals surface area contributed by atoms with Gasteiger partial charge in [-0.15, -0.1) is 0 Å². The molecule has 1 N–H and O–H groups in total. The Labute approximate surface area is 182 Å². The van der Waals surface area contributed by atoms with E-state index in [0.29, 0.717) is 25.3 Å². The van der Waals surface area contributed by atoms with Crippen LogP contribution in [0.25, 0.3) is 0 Å². The van der Waals surface area contributed by atoms with Gasteiger partial charge >= 0.3 is 6.09 Å². The zero-order valence-corrected chi connectivity index (χ0v) is 17.8. The predicted octanol–water partition coefficient (Wildman–Crippen LogP) is 3.64. The number of ether oxygens (including phenoxy) is 1. The van der Waals surface area contributed by atoms with E-state index in [-0.39, 0.29) is 11.8 Å². The molecule has 0 bridgehead atoms. The average Bonchev–Trinajstić information content (AvgIpc) is 3.37. The second-order valence-electron chi connectivity index (χ2n) is 8.20. The van der Waals surface area contributed by atoms with Crippen LogP contribution in [0.1, 0.15) is 42.6 Å². The molecule has 0 saturated carbocycles. The molecule has 31 heavy (non-hydrogen) atoms. The van der Waals surface area contributed by atoms with Crippen LogP contribution < -0.4 is 5.32 Å². The second-order valence-corrected chi connectivity index (χ2v) is 8.20. The molecule has 2 aromatic carbocycles. The number of carbonyl (C=O) groups is 3. The quantitative estimate of drug-likeness (QED) is 0.800. The molecule has 2 unspecified atom stereocenters. The van der Waals surface area contributed by atoms with Crippen molar-refractivity contribution >= 4 is 23.6 Å². The molecule has 0 spiro atoms. The molecule has 2 atom stereocenters. The highest BCUT2D eigenvalue weighted by Crippen LogP contribution is 2.36. The van der Waals surface area contributed by atoms with Gasteiger partial charge in [-0.05, 0) is 43.0 Å². The van der Waals surface area contributed by atoms with Crippen LogP contribution in [0.2, 0.25) is 0 Å². The second kappa shape index (κ2) is 8.79. The fourth-order valence-electron chi connectivity index (χ4n) is 4.28.